The van der Waals surface area contributed by atoms with Crippen LogP contribution in [0.1, 0.15) is 12.0 Å². The van der Waals surface area contributed by atoms with E-state index in [2.05, 4.69) is 5.32 Å². The van der Waals surface area contributed by atoms with Crippen LogP contribution in [-0.2, 0) is 9.59 Å². The van der Waals surface area contributed by atoms with Crippen molar-refractivity contribution in [3.8, 4) is 0 Å². The number of benzene rings is 1. The highest BCUT2D eigenvalue weighted by molar-refractivity contribution is 5.91. The zero-order chi connectivity index (χ0) is 16.6. The minimum absolute atomic E-state index is 0.116. The van der Waals surface area contributed by atoms with Crippen LogP contribution in [0.3, 0.4) is 0 Å². The first kappa shape index (κ1) is 17.7. The molecule has 0 saturated heterocycles. The van der Waals surface area contributed by atoms with Gasteiger partial charge in [-0.3, -0.25) is 9.59 Å². The topological polar surface area (TPSA) is 58.2 Å². The summed E-state index contributed by atoms with van der Waals surface area (Å²) in [5, 5.41) is 4.14. The monoisotopic (exact) mass is 318 g/mol. The van der Waals surface area contributed by atoms with Gasteiger partial charge in [-0.25, -0.2) is 4.39 Å². The number of halogens is 4. The smallest absolute Gasteiger partial charge is 0.352 e. The third kappa shape index (κ3) is 6.87. The Bertz CT molecular complexity index is 539. The average molecular weight is 318 g/mol. The van der Waals surface area contributed by atoms with Crippen molar-refractivity contribution in [2.75, 3.05) is 13.1 Å². The van der Waals surface area contributed by atoms with Crippen LogP contribution in [0.5, 0.6) is 0 Å². The van der Waals surface area contributed by atoms with Crippen molar-refractivity contribution in [2.45, 2.75) is 12.6 Å². The summed E-state index contributed by atoms with van der Waals surface area (Å²) < 4.78 is 48.2. The molecule has 1 aromatic rings. The summed E-state index contributed by atoms with van der Waals surface area (Å²) >= 11 is 0. The maximum atomic E-state index is 12.7. The standard InChI is InChI=1S/C14H14F4N2O2/c15-11-5-2-10(3-6-11)4-7-12(21)19-8-1-9-20-13(22)14(16,17)18/h2-7H,1,8-9H2,(H,19,21)(H,20,22)/b7-4+. The van der Waals surface area contributed by atoms with Gasteiger partial charge in [0.05, 0.1) is 0 Å². The minimum atomic E-state index is -4.90. The number of hydrogen-bond acceptors (Lipinski definition) is 2. The van der Waals surface area contributed by atoms with Crippen LogP contribution in [0.25, 0.3) is 6.08 Å². The molecule has 0 fully saturated rings. The van der Waals surface area contributed by atoms with Gasteiger partial charge in [0.25, 0.3) is 0 Å². The van der Waals surface area contributed by atoms with Gasteiger partial charge in [0.15, 0.2) is 0 Å². The summed E-state index contributed by atoms with van der Waals surface area (Å²) in [6.45, 7) is -0.0783. The quantitative estimate of drug-likeness (QED) is 0.479. The van der Waals surface area contributed by atoms with Crippen LogP contribution in [-0.4, -0.2) is 31.1 Å². The minimum Gasteiger partial charge on any atom is -0.352 e. The van der Waals surface area contributed by atoms with Crippen molar-refractivity contribution in [3.05, 3.63) is 41.7 Å². The van der Waals surface area contributed by atoms with Gasteiger partial charge in [-0.1, -0.05) is 12.1 Å². The summed E-state index contributed by atoms with van der Waals surface area (Å²) in [6.07, 6.45) is -2.04. The van der Waals surface area contributed by atoms with Crippen molar-refractivity contribution < 1.29 is 27.2 Å². The van der Waals surface area contributed by atoms with Crippen LogP contribution in [0, 0.1) is 5.82 Å². The molecule has 2 N–H and O–H groups in total. The predicted octanol–water partition coefficient (Wildman–Crippen LogP) is 2.02. The van der Waals surface area contributed by atoms with Gasteiger partial charge >= 0.3 is 12.1 Å². The number of carbonyl (C=O) groups excluding carboxylic acids is 2. The van der Waals surface area contributed by atoms with Crippen molar-refractivity contribution in [1.82, 2.24) is 10.6 Å². The highest BCUT2D eigenvalue weighted by Crippen LogP contribution is 2.13. The second-order valence-corrected chi connectivity index (χ2v) is 4.28. The van der Waals surface area contributed by atoms with E-state index >= 15 is 0 Å². The Balaban J connectivity index is 2.21. The Morgan fingerprint density at radius 2 is 1.64 bits per heavy atom. The molecule has 0 aliphatic heterocycles. The van der Waals surface area contributed by atoms with Crippen LogP contribution in [0.2, 0.25) is 0 Å². The first-order valence-electron chi connectivity index (χ1n) is 6.35. The molecule has 0 bridgehead atoms. The number of alkyl halides is 3. The number of hydrogen-bond donors (Lipinski definition) is 2. The fraction of sp³-hybridized carbons (Fsp3) is 0.286. The summed E-state index contributed by atoms with van der Waals surface area (Å²) in [6, 6.07) is 5.49. The van der Waals surface area contributed by atoms with Gasteiger partial charge in [-0.2, -0.15) is 13.2 Å². The lowest BCUT2D eigenvalue weighted by Crippen LogP contribution is -2.38. The molecule has 0 aliphatic carbocycles. The van der Waals surface area contributed by atoms with Crippen LogP contribution >= 0.6 is 0 Å². The molecule has 0 heterocycles. The second kappa shape index (κ2) is 8.16. The summed E-state index contributed by atoms with van der Waals surface area (Å²) in [5.74, 6) is -2.83. The predicted molar refractivity (Wildman–Crippen MR) is 72.1 cm³/mol. The fourth-order valence-electron chi connectivity index (χ4n) is 1.41. The molecule has 1 aromatic carbocycles. The molecule has 1 rings (SSSR count). The van der Waals surface area contributed by atoms with Gasteiger partial charge in [0.1, 0.15) is 5.82 Å². The van der Waals surface area contributed by atoms with E-state index in [0.29, 0.717) is 5.56 Å². The molecule has 2 amide bonds. The first-order chi connectivity index (χ1) is 10.3. The molecule has 0 saturated carbocycles. The van der Waals surface area contributed by atoms with Crippen LogP contribution in [0.15, 0.2) is 30.3 Å². The molecule has 120 valence electrons. The van der Waals surface area contributed by atoms with Gasteiger partial charge in [-0.05, 0) is 30.2 Å². The van der Waals surface area contributed by atoms with Crippen molar-refractivity contribution >= 4 is 17.9 Å². The maximum Gasteiger partial charge on any atom is 0.471 e. The Hall–Kier alpha value is -2.38. The van der Waals surface area contributed by atoms with E-state index in [1.807, 2.05) is 0 Å². The van der Waals surface area contributed by atoms with Gasteiger partial charge in [0, 0.05) is 19.2 Å². The Labute approximate surface area is 124 Å². The third-order valence-electron chi connectivity index (χ3n) is 2.49. The molecule has 4 nitrogen and oxygen atoms in total. The van der Waals surface area contributed by atoms with E-state index in [4.69, 9.17) is 0 Å². The van der Waals surface area contributed by atoms with Crippen molar-refractivity contribution in [1.29, 1.82) is 0 Å². The van der Waals surface area contributed by atoms with E-state index < -0.39 is 18.0 Å². The van der Waals surface area contributed by atoms with Crippen LogP contribution in [0.4, 0.5) is 17.6 Å². The highest BCUT2D eigenvalue weighted by Gasteiger charge is 2.38. The van der Waals surface area contributed by atoms with E-state index in [0.717, 1.165) is 0 Å². The van der Waals surface area contributed by atoms with E-state index in [9.17, 15) is 27.2 Å². The lowest BCUT2D eigenvalue weighted by molar-refractivity contribution is -0.173. The van der Waals surface area contributed by atoms with Crippen LogP contribution < -0.4 is 10.6 Å². The van der Waals surface area contributed by atoms with E-state index in [-0.39, 0.29) is 25.3 Å². The molecular formula is C14H14F4N2O2. The molecule has 0 spiro atoms. The van der Waals surface area contributed by atoms with Crippen molar-refractivity contribution in [2.24, 2.45) is 0 Å². The summed E-state index contributed by atoms with van der Waals surface area (Å²) in [7, 11) is 0. The second-order valence-electron chi connectivity index (χ2n) is 4.28. The molecule has 22 heavy (non-hydrogen) atoms. The fourth-order valence-corrected chi connectivity index (χ4v) is 1.41. The van der Waals surface area contributed by atoms with Gasteiger partial charge in [-0.15, -0.1) is 0 Å². The summed E-state index contributed by atoms with van der Waals surface area (Å²) in [5.41, 5.74) is 0.633. The molecule has 0 aromatic heterocycles. The Morgan fingerprint density at radius 3 is 2.23 bits per heavy atom. The average Bonchev–Trinajstić information content (AvgIpc) is 2.45. The largest absolute Gasteiger partial charge is 0.471 e. The Morgan fingerprint density at radius 1 is 1.05 bits per heavy atom. The van der Waals surface area contributed by atoms with Gasteiger partial charge in [0.2, 0.25) is 5.91 Å². The summed E-state index contributed by atoms with van der Waals surface area (Å²) in [4.78, 5) is 21.9. The lowest BCUT2D eigenvalue weighted by atomic mass is 10.2. The SMILES string of the molecule is O=C(/C=C/c1ccc(F)cc1)NCCCNC(=O)C(F)(F)F. The van der Waals surface area contributed by atoms with Crippen molar-refractivity contribution in [3.63, 3.8) is 0 Å². The number of carbonyl (C=O) groups is 2. The zero-order valence-electron chi connectivity index (χ0n) is 11.4. The number of rotatable bonds is 6. The lowest BCUT2D eigenvalue weighted by Gasteiger charge is -2.07. The maximum absolute atomic E-state index is 12.7. The van der Waals surface area contributed by atoms with E-state index in [1.54, 1.807) is 5.32 Å². The Kier molecular flexibility index (Phi) is 6.55. The van der Waals surface area contributed by atoms with E-state index in [1.165, 1.54) is 36.4 Å². The molecule has 0 aliphatic rings. The first-order valence-corrected chi connectivity index (χ1v) is 6.35. The molecule has 0 unspecified atom stereocenters. The van der Waals surface area contributed by atoms with Gasteiger partial charge < -0.3 is 10.6 Å². The zero-order valence-corrected chi connectivity index (χ0v) is 11.4. The number of amides is 2. The third-order valence-corrected chi connectivity index (χ3v) is 2.49. The normalized spacial score (nSPS) is 11.5. The molecule has 0 radical (unpaired) electrons. The molecular weight excluding hydrogens is 304 g/mol. The molecule has 8 heteroatoms. The molecule has 0 atom stereocenters. The highest BCUT2D eigenvalue weighted by atomic mass is 19.4. The number of nitrogens with one attached hydrogen (secondary N) is 2.